The third kappa shape index (κ3) is 4.14. The van der Waals surface area contributed by atoms with Gasteiger partial charge in [-0.05, 0) is 53.1 Å². The van der Waals surface area contributed by atoms with E-state index in [1.807, 2.05) is 12.1 Å². The maximum absolute atomic E-state index is 12.9. The van der Waals surface area contributed by atoms with E-state index in [-0.39, 0.29) is 11.8 Å². The summed E-state index contributed by atoms with van der Waals surface area (Å²) < 4.78 is 24.4. The Morgan fingerprint density at radius 3 is 2.46 bits per heavy atom. The van der Waals surface area contributed by atoms with Crippen molar-refractivity contribution in [1.29, 1.82) is 0 Å². The minimum atomic E-state index is -1.08. The lowest BCUT2D eigenvalue weighted by atomic mass is 9.94. The van der Waals surface area contributed by atoms with Gasteiger partial charge in [-0.2, -0.15) is 0 Å². The fourth-order valence-electron chi connectivity index (χ4n) is 2.85. The Bertz CT molecular complexity index is 796. The van der Waals surface area contributed by atoms with Gasteiger partial charge in [-0.25, -0.2) is 9.18 Å². The number of urea groups is 1. The van der Waals surface area contributed by atoms with E-state index in [9.17, 15) is 18.5 Å². The quantitative estimate of drug-likeness (QED) is 0.713. The standard InChI is InChI=1S/C18H18FN3O3S/c1-26(25)14-8-2-11(3-9-14)15-10-20-17(23)16(15)22-18(24)21-13-6-4-12(19)5-7-13/h2-9,15-16H,10H2,1H3,(H,20,23)(H2,21,22,24)/t15-,16-,26?/m0/s1. The molecule has 0 radical (unpaired) electrons. The average molecular weight is 375 g/mol. The lowest BCUT2D eigenvalue weighted by Gasteiger charge is -2.19. The molecule has 26 heavy (non-hydrogen) atoms. The number of amides is 3. The Morgan fingerprint density at radius 1 is 1.19 bits per heavy atom. The first kappa shape index (κ1) is 18.2. The molecule has 1 heterocycles. The molecular weight excluding hydrogens is 357 g/mol. The van der Waals surface area contributed by atoms with Crippen LogP contribution in [0.4, 0.5) is 14.9 Å². The van der Waals surface area contributed by atoms with Crippen LogP contribution in [0.1, 0.15) is 11.5 Å². The van der Waals surface area contributed by atoms with Gasteiger partial charge in [-0.15, -0.1) is 0 Å². The summed E-state index contributed by atoms with van der Waals surface area (Å²) in [6.07, 6.45) is 1.60. The predicted molar refractivity (Wildman–Crippen MR) is 96.9 cm³/mol. The van der Waals surface area contributed by atoms with E-state index in [0.29, 0.717) is 17.1 Å². The summed E-state index contributed by atoms with van der Waals surface area (Å²) in [6, 6.07) is 11.2. The van der Waals surface area contributed by atoms with E-state index in [2.05, 4.69) is 16.0 Å². The number of benzene rings is 2. The molecule has 3 atom stereocenters. The van der Waals surface area contributed by atoms with E-state index in [0.717, 1.165) is 5.56 Å². The molecule has 1 aliphatic heterocycles. The Kier molecular flexibility index (Phi) is 5.43. The second kappa shape index (κ2) is 7.76. The second-order valence-corrected chi connectivity index (χ2v) is 7.34. The number of nitrogens with one attached hydrogen (secondary N) is 3. The monoisotopic (exact) mass is 375 g/mol. The van der Waals surface area contributed by atoms with E-state index >= 15 is 0 Å². The zero-order valence-electron chi connectivity index (χ0n) is 14.0. The highest BCUT2D eigenvalue weighted by Crippen LogP contribution is 2.25. The summed E-state index contributed by atoms with van der Waals surface area (Å²) >= 11 is -1.08. The third-order valence-corrected chi connectivity index (χ3v) is 5.15. The molecule has 2 aromatic carbocycles. The normalized spacial score (nSPS) is 20.3. The van der Waals surface area contributed by atoms with Gasteiger partial charge in [-0.1, -0.05) is 12.1 Å². The Hall–Kier alpha value is -2.58. The minimum Gasteiger partial charge on any atom is -0.612 e. The van der Waals surface area contributed by atoms with Gasteiger partial charge in [0.15, 0.2) is 4.90 Å². The highest BCUT2D eigenvalue weighted by Gasteiger charge is 2.36. The molecule has 0 spiro atoms. The zero-order valence-corrected chi connectivity index (χ0v) is 14.8. The maximum Gasteiger partial charge on any atom is 0.319 e. The highest BCUT2D eigenvalue weighted by atomic mass is 32.2. The number of hydrogen-bond acceptors (Lipinski definition) is 3. The smallest absolute Gasteiger partial charge is 0.319 e. The summed E-state index contributed by atoms with van der Waals surface area (Å²) in [6.45, 7) is 0.398. The predicted octanol–water partition coefficient (Wildman–Crippen LogP) is 1.97. The van der Waals surface area contributed by atoms with Crippen molar-refractivity contribution in [2.24, 2.45) is 0 Å². The average Bonchev–Trinajstić information content (AvgIpc) is 2.97. The molecule has 6 nitrogen and oxygen atoms in total. The lowest BCUT2D eigenvalue weighted by molar-refractivity contribution is -0.120. The van der Waals surface area contributed by atoms with Crippen LogP contribution in [-0.4, -0.2) is 35.3 Å². The van der Waals surface area contributed by atoms with Crippen molar-refractivity contribution in [3.8, 4) is 0 Å². The second-order valence-electron chi connectivity index (χ2n) is 5.96. The number of carbonyl (C=O) groups excluding carboxylic acids is 2. The first-order chi connectivity index (χ1) is 12.4. The lowest BCUT2D eigenvalue weighted by Crippen LogP contribution is -2.44. The molecule has 3 N–H and O–H groups in total. The number of rotatable bonds is 4. The van der Waals surface area contributed by atoms with Gasteiger partial charge in [0, 0.05) is 18.2 Å². The zero-order chi connectivity index (χ0) is 18.7. The van der Waals surface area contributed by atoms with Crippen LogP contribution in [0.25, 0.3) is 0 Å². The van der Waals surface area contributed by atoms with Crippen molar-refractivity contribution in [1.82, 2.24) is 10.6 Å². The summed E-state index contributed by atoms with van der Waals surface area (Å²) in [7, 11) is 0. The van der Waals surface area contributed by atoms with Gasteiger partial charge in [0.1, 0.15) is 18.1 Å². The fourth-order valence-corrected chi connectivity index (χ4v) is 3.37. The molecule has 8 heteroatoms. The summed E-state index contributed by atoms with van der Waals surface area (Å²) in [5.41, 5.74) is 1.29. The molecular formula is C18H18FN3O3S. The minimum absolute atomic E-state index is 0.235. The molecule has 0 bridgehead atoms. The summed E-state index contributed by atoms with van der Waals surface area (Å²) in [5.74, 6) is -0.907. The Labute approximate surface area is 153 Å². The molecule has 1 aliphatic rings. The number of anilines is 1. The fraction of sp³-hybridized carbons (Fsp3) is 0.222. The van der Waals surface area contributed by atoms with E-state index in [1.165, 1.54) is 24.3 Å². The van der Waals surface area contributed by atoms with Crippen LogP contribution in [0.15, 0.2) is 53.4 Å². The number of hydrogen-bond donors (Lipinski definition) is 3. The highest BCUT2D eigenvalue weighted by molar-refractivity contribution is 7.90. The van der Waals surface area contributed by atoms with Crippen molar-refractivity contribution < 1.29 is 18.5 Å². The van der Waals surface area contributed by atoms with Crippen molar-refractivity contribution >= 4 is 28.8 Å². The van der Waals surface area contributed by atoms with E-state index in [1.54, 1.807) is 18.4 Å². The first-order valence-corrected chi connectivity index (χ1v) is 9.54. The van der Waals surface area contributed by atoms with Crippen molar-refractivity contribution in [3.63, 3.8) is 0 Å². The van der Waals surface area contributed by atoms with Crippen molar-refractivity contribution in [2.75, 3.05) is 18.1 Å². The Morgan fingerprint density at radius 2 is 1.85 bits per heavy atom. The summed E-state index contributed by atoms with van der Waals surface area (Å²) in [4.78, 5) is 25.0. The van der Waals surface area contributed by atoms with Gasteiger partial charge in [0.25, 0.3) is 0 Å². The molecule has 1 saturated heterocycles. The number of carbonyl (C=O) groups is 2. The number of halogens is 1. The van der Waals surface area contributed by atoms with Gasteiger partial charge >= 0.3 is 6.03 Å². The largest absolute Gasteiger partial charge is 0.612 e. The van der Waals surface area contributed by atoms with Crippen LogP contribution in [-0.2, 0) is 16.0 Å². The van der Waals surface area contributed by atoms with Crippen LogP contribution < -0.4 is 16.0 Å². The topological polar surface area (TPSA) is 93.3 Å². The van der Waals surface area contributed by atoms with Crippen LogP contribution >= 0.6 is 0 Å². The third-order valence-electron chi connectivity index (χ3n) is 4.21. The SMILES string of the molecule is C[S+]([O-])c1ccc([C@@H]2CNC(=O)[C@H]2NC(=O)Nc2ccc(F)cc2)cc1. The molecule has 0 aliphatic carbocycles. The molecule has 3 rings (SSSR count). The Balaban J connectivity index is 1.69. The molecule has 1 unspecified atom stereocenters. The molecule has 136 valence electrons. The van der Waals surface area contributed by atoms with Gasteiger partial charge in [-0.3, -0.25) is 4.79 Å². The van der Waals surface area contributed by atoms with Gasteiger partial charge < -0.3 is 20.5 Å². The first-order valence-electron chi connectivity index (χ1n) is 7.98. The van der Waals surface area contributed by atoms with Crippen LogP contribution in [0, 0.1) is 5.82 Å². The molecule has 3 amide bonds. The van der Waals surface area contributed by atoms with Crippen molar-refractivity contribution in [2.45, 2.75) is 16.9 Å². The van der Waals surface area contributed by atoms with Gasteiger partial charge in [0.05, 0.1) is 0 Å². The van der Waals surface area contributed by atoms with E-state index < -0.39 is 29.1 Å². The summed E-state index contributed by atoms with van der Waals surface area (Å²) in [5, 5.41) is 7.98. The molecule has 0 saturated carbocycles. The van der Waals surface area contributed by atoms with Gasteiger partial charge in [0.2, 0.25) is 5.91 Å². The molecule has 0 aromatic heterocycles. The maximum atomic E-state index is 12.9. The van der Waals surface area contributed by atoms with Crippen LogP contribution in [0.2, 0.25) is 0 Å². The van der Waals surface area contributed by atoms with Crippen LogP contribution in [0.3, 0.4) is 0 Å². The van der Waals surface area contributed by atoms with E-state index in [4.69, 9.17) is 0 Å². The molecule has 1 fully saturated rings. The van der Waals surface area contributed by atoms with Crippen LogP contribution in [0.5, 0.6) is 0 Å². The van der Waals surface area contributed by atoms with Crippen molar-refractivity contribution in [3.05, 3.63) is 59.9 Å². The molecule has 2 aromatic rings.